The van der Waals surface area contributed by atoms with Crippen molar-refractivity contribution in [3.05, 3.63) is 110 Å². The molecule has 60 heavy (non-hydrogen) atoms. The van der Waals surface area contributed by atoms with Crippen molar-refractivity contribution in [2.24, 2.45) is 0 Å². The fourth-order valence-corrected chi connectivity index (χ4v) is 8.44. The fraction of sp³-hybridized carbons (Fsp3) is 0.429. The first-order chi connectivity index (χ1) is 28.2. The Morgan fingerprint density at radius 1 is 0.633 bits per heavy atom. The first-order valence-electron chi connectivity index (χ1n) is 19.8. The van der Waals surface area contributed by atoms with E-state index in [1.807, 2.05) is 77.9 Å². The quantitative estimate of drug-likeness (QED) is 0.114. The lowest BCUT2D eigenvalue weighted by molar-refractivity contribution is 0.00578. The van der Waals surface area contributed by atoms with Gasteiger partial charge < -0.3 is 18.1 Å². The number of hydrogen-bond donors (Lipinski definition) is 0. The molecule has 7 rings (SSSR count). The molecule has 322 valence electrons. The van der Waals surface area contributed by atoms with Crippen LogP contribution in [-0.2, 0) is 53.6 Å². The molecule has 0 spiro atoms. The summed E-state index contributed by atoms with van der Waals surface area (Å²) in [7, 11) is -6.50. The molecular weight excluding hydrogens is 875 g/mol. The topological polar surface area (TPSA) is 183 Å². The largest absolute Gasteiger partial charge is 0.494 e. The van der Waals surface area contributed by atoms with Gasteiger partial charge in [0.1, 0.15) is 0 Å². The Labute approximate surface area is 359 Å². The Hall–Kier alpha value is -4.36. The number of fused-ring (bicyclic) bond motifs is 2. The molecular formula is C42H52BBrN4O10S2. The van der Waals surface area contributed by atoms with Gasteiger partial charge >= 0.3 is 18.6 Å². The zero-order valence-corrected chi connectivity index (χ0v) is 38.4. The van der Waals surface area contributed by atoms with E-state index in [1.54, 1.807) is 59.9 Å². The second-order valence-electron chi connectivity index (χ2n) is 15.5. The summed E-state index contributed by atoms with van der Waals surface area (Å²) in [6.45, 7) is 16.6. The van der Waals surface area contributed by atoms with E-state index in [9.17, 15) is 26.4 Å². The van der Waals surface area contributed by atoms with Gasteiger partial charge in [-0.05, 0) is 115 Å². The molecule has 0 radical (unpaired) electrons. The van der Waals surface area contributed by atoms with Crippen molar-refractivity contribution in [3.63, 3.8) is 0 Å². The summed E-state index contributed by atoms with van der Waals surface area (Å²) in [5, 5.41) is 0. The van der Waals surface area contributed by atoms with Gasteiger partial charge in [0.05, 0.1) is 33.7 Å². The predicted octanol–water partition coefficient (Wildman–Crippen LogP) is 7.08. The van der Waals surface area contributed by atoms with Crippen LogP contribution < -0.4 is 17.0 Å². The molecule has 0 unspecified atom stereocenters. The van der Waals surface area contributed by atoms with Crippen LogP contribution in [0.4, 0.5) is 0 Å². The number of nitrogens with zero attached hydrogens (tertiary/aromatic N) is 4. The molecule has 0 atom stereocenters. The smallest absolute Gasteiger partial charge is 0.408 e. The van der Waals surface area contributed by atoms with Crippen molar-refractivity contribution in [2.75, 3.05) is 11.5 Å². The molecule has 18 heteroatoms. The third-order valence-electron chi connectivity index (χ3n) is 10.3. The highest BCUT2D eigenvalue weighted by molar-refractivity contribution is 9.10. The molecule has 14 nitrogen and oxygen atoms in total. The second-order valence-corrected chi connectivity index (χ2v) is 21.1. The number of aromatic nitrogens is 4. The summed E-state index contributed by atoms with van der Waals surface area (Å²) in [5.41, 5.74) is 5.83. The predicted molar refractivity (Wildman–Crippen MR) is 239 cm³/mol. The summed E-state index contributed by atoms with van der Waals surface area (Å²) in [6.07, 6.45) is 8.14. The van der Waals surface area contributed by atoms with E-state index in [-0.39, 0.29) is 45.7 Å². The zero-order chi connectivity index (χ0) is 44.0. The minimum absolute atomic E-state index is 0.0289. The molecule has 5 heterocycles. The number of oxazole rings is 2. The van der Waals surface area contributed by atoms with Gasteiger partial charge in [-0.3, -0.25) is 19.1 Å². The molecule has 4 aromatic heterocycles. The summed E-state index contributed by atoms with van der Waals surface area (Å²) in [5.74, 6) is -0.381. The van der Waals surface area contributed by atoms with Gasteiger partial charge in [0.2, 0.25) is 0 Å². The maximum absolute atomic E-state index is 11.9. The van der Waals surface area contributed by atoms with Crippen LogP contribution in [-0.4, -0.2) is 65.8 Å². The molecule has 1 saturated heterocycles. The molecule has 0 bridgehead atoms. The number of rotatable bonds is 12. The van der Waals surface area contributed by atoms with Crippen LogP contribution in [0, 0.1) is 0 Å². The fourth-order valence-electron chi connectivity index (χ4n) is 6.29. The van der Waals surface area contributed by atoms with Crippen molar-refractivity contribution in [1.29, 1.82) is 0 Å². The maximum Gasteiger partial charge on any atom is 0.494 e. The highest BCUT2D eigenvalue weighted by atomic mass is 79.9. The Kier molecular flexibility index (Phi) is 14.9. The van der Waals surface area contributed by atoms with Gasteiger partial charge in [-0.1, -0.05) is 39.8 Å². The van der Waals surface area contributed by atoms with Gasteiger partial charge in [-0.2, -0.15) is 0 Å². The minimum Gasteiger partial charge on any atom is -0.408 e. The van der Waals surface area contributed by atoms with Crippen LogP contribution in [0.2, 0.25) is 0 Å². The molecule has 1 aliphatic rings. The third kappa shape index (κ3) is 11.3. The number of aryl methyl sites for hydroxylation is 2. The number of halogens is 1. The highest BCUT2D eigenvalue weighted by Gasteiger charge is 2.51. The number of pyridine rings is 2. The molecule has 0 N–H and O–H groups in total. The van der Waals surface area contributed by atoms with E-state index in [0.29, 0.717) is 29.8 Å². The Bertz CT molecular complexity index is 2780. The maximum atomic E-state index is 11.9. The Balaban J connectivity index is 0.000000179. The summed E-state index contributed by atoms with van der Waals surface area (Å²) in [6, 6.07) is 14.7. The van der Waals surface area contributed by atoms with Crippen LogP contribution in [0.5, 0.6) is 0 Å². The molecule has 1 aliphatic heterocycles. The number of hydrogen-bond acceptors (Lipinski definition) is 12. The standard InChI is InChI=1S/C18H20N2O4S.C16H22BNO4.C8H10BrNO2S/c1-3-7-20-16-9-14(5-6-17(16)24-18(20)21)15-8-13(10-19-11-15)12-25(22,23)4-2;1-6-9-18-12-10-11(7-8-13(12)20-14(18)19)17-21-15(2,3)16(4,5)22-17;1-2-13(11,12)6-7-3-8(9)5-10-4-7/h5-6,8-11H,3-4,7,12H2,1-2H3;7-8,10H,6,9H2,1-5H3;3-5H,2,6H2,1H3. The summed E-state index contributed by atoms with van der Waals surface area (Å²) < 4.78 is 72.9. The number of sulfone groups is 2. The van der Waals surface area contributed by atoms with Crippen molar-refractivity contribution >= 4 is 70.4 Å². The highest BCUT2D eigenvalue weighted by Crippen LogP contribution is 2.36. The molecule has 0 amide bonds. The van der Waals surface area contributed by atoms with E-state index in [0.717, 1.165) is 50.5 Å². The average Bonchev–Trinajstić information content (AvgIpc) is 3.76. The summed E-state index contributed by atoms with van der Waals surface area (Å²) in [4.78, 5) is 31.9. The monoisotopic (exact) mass is 926 g/mol. The molecule has 0 saturated carbocycles. The molecule has 1 fully saturated rings. The van der Waals surface area contributed by atoms with Crippen molar-refractivity contribution < 1.29 is 35.0 Å². The van der Waals surface area contributed by atoms with Crippen LogP contribution in [0.3, 0.4) is 0 Å². The summed E-state index contributed by atoms with van der Waals surface area (Å²) >= 11 is 3.23. The lowest BCUT2D eigenvalue weighted by atomic mass is 9.79. The number of benzene rings is 2. The van der Waals surface area contributed by atoms with Gasteiger partial charge in [0, 0.05) is 59.4 Å². The van der Waals surface area contributed by atoms with Crippen molar-refractivity contribution in [2.45, 2.75) is 104 Å². The van der Waals surface area contributed by atoms with E-state index < -0.39 is 26.8 Å². The van der Waals surface area contributed by atoms with Crippen LogP contribution in [0.1, 0.15) is 79.4 Å². The normalized spacial score (nSPS) is 14.8. The molecule has 2 aromatic carbocycles. The van der Waals surface area contributed by atoms with E-state index >= 15 is 0 Å². The van der Waals surface area contributed by atoms with E-state index in [2.05, 4.69) is 25.9 Å². The lowest BCUT2D eigenvalue weighted by Gasteiger charge is -2.32. The lowest BCUT2D eigenvalue weighted by Crippen LogP contribution is -2.41. The molecule has 6 aromatic rings. The van der Waals surface area contributed by atoms with E-state index in [1.165, 1.54) is 0 Å². The van der Waals surface area contributed by atoms with Crippen LogP contribution >= 0.6 is 15.9 Å². The zero-order valence-electron chi connectivity index (χ0n) is 35.2. The van der Waals surface area contributed by atoms with Gasteiger partial charge in [0.25, 0.3) is 0 Å². The van der Waals surface area contributed by atoms with Crippen LogP contribution in [0.25, 0.3) is 33.3 Å². The molecule has 0 aliphatic carbocycles. The van der Waals surface area contributed by atoms with Gasteiger partial charge in [0.15, 0.2) is 30.8 Å². The van der Waals surface area contributed by atoms with Gasteiger partial charge in [-0.15, -0.1) is 0 Å². The average molecular weight is 928 g/mol. The second kappa shape index (κ2) is 19.1. The van der Waals surface area contributed by atoms with Crippen LogP contribution in [0.15, 0.2) is 96.2 Å². The Morgan fingerprint density at radius 3 is 1.62 bits per heavy atom. The minimum atomic E-state index is -3.12. The van der Waals surface area contributed by atoms with Crippen molar-refractivity contribution in [3.8, 4) is 11.1 Å². The SMILES string of the molecule is CCCn1c(=O)oc2ccc(-c3cncc(CS(=O)(=O)CC)c3)cc21.CCCn1c(=O)oc2ccc(B3OC(C)(C)C(C)(C)O3)cc21.CCS(=O)(=O)Cc1cncc(Br)c1. The van der Waals surface area contributed by atoms with Gasteiger partial charge in [-0.25, -0.2) is 26.4 Å². The Morgan fingerprint density at radius 2 is 1.12 bits per heavy atom. The third-order valence-corrected chi connectivity index (χ3v) is 14.1. The van der Waals surface area contributed by atoms with E-state index in [4.69, 9.17) is 18.1 Å². The first kappa shape index (κ1) is 46.7. The first-order valence-corrected chi connectivity index (χ1v) is 24.2. The van der Waals surface area contributed by atoms with Crippen molar-refractivity contribution in [1.82, 2.24) is 19.1 Å².